The van der Waals surface area contributed by atoms with Gasteiger partial charge in [-0.2, -0.15) is 0 Å². The molecule has 1 rings (SSSR count). The van der Waals surface area contributed by atoms with E-state index < -0.39 is 16.6 Å². The molecule has 1 aliphatic rings. The first kappa shape index (κ1) is 19.6. The fourth-order valence-corrected chi connectivity index (χ4v) is 8.56. The fraction of sp³-hybridized carbons (Fsp3) is 0.778. The van der Waals surface area contributed by atoms with Gasteiger partial charge in [0.05, 0.1) is 0 Å². The Hall–Kier alpha value is -0.486. The Labute approximate surface area is 140 Å². The second-order valence-corrected chi connectivity index (χ2v) is 15.9. The van der Waals surface area contributed by atoms with Crippen LogP contribution in [0.2, 0.25) is 36.3 Å². The molecule has 0 N–H and O–H groups in total. The van der Waals surface area contributed by atoms with Gasteiger partial charge in [0, 0.05) is 6.42 Å². The molecule has 22 heavy (non-hydrogen) atoms. The maximum absolute atomic E-state index is 6.70. The van der Waals surface area contributed by atoms with Crippen molar-refractivity contribution in [3.8, 4) is 0 Å². The molecule has 0 spiro atoms. The SMILES string of the molecule is CC[Si](CC)(CC)OC1=C(O[Si](CC)(CC)CC)C(C)=CC1. The average molecular weight is 341 g/mol. The zero-order chi connectivity index (χ0) is 16.8. The van der Waals surface area contributed by atoms with E-state index >= 15 is 0 Å². The molecule has 0 saturated carbocycles. The Morgan fingerprint density at radius 3 is 1.59 bits per heavy atom. The van der Waals surface area contributed by atoms with Crippen LogP contribution < -0.4 is 0 Å². The minimum Gasteiger partial charge on any atom is -0.544 e. The lowest BCUT2D eigenvalue weighted by Crippen LogP contribution is -2.38. The highest BCUT2D eigenvalue weighted by molar-refractivity contribution is 6.74. The molecule has 2 nitrogen and oxygen atoms in total. The third-order valence-corrected chi connectivity index (χ3v) is 14.8. The number of rotatable bonds is 10. The summed E-state index contributed by atoms with van der Waals surface area (Å²) >= 11 is 0. The summed E-state index contributed by atoms with van der Waals surface area (Å²) in [7, 11) is -3.25. The Balaban J connectivity index is 3.07. The van der Waals surface area contributed by atoms with Gasteiger partial charge in [0.2, 0.25) is 8.32 Å². The summed E-state index contributed by atoms with van der Waals surface area (Å²) in [5.74, 6) is 2.24. The van der Waals surface area contributed by atoms with Crippen LogP contribution in [0.25, 0.3) is 0 Å². The molecule has 0 saturated heterocycles. The van der Waals surface area contributed by atoms with Crippen LogP contribution in [0.3, 0.4) is 0 Å². The molecule has 0 radical (unpaired) electrons. The van der Waals surface area contributed by atoms with Crippen LogP contribution in [0, 0.1) is 0 Å². The van der Waals surface area contributed by atoms with E-state index in [1.54, 1.807) is 0 Å². The van der Waals surface area contributed by atoms with Crippen molar-refractivity contribution in [2.75, 3.05) is 0 Å². The molecule has 1 aliphatic carbocycles. The molecule has 0 bridgehead atoms. The van der Waals surface area contributed by atoms with Crippen molar-refractivity contribution >= 4 is 16.6 Å². The molecular formula is C18H36O2Si2. The predicted octanol–water partition coefficient (Wildman–Crippen LogP) is 6.59. The number of hydrogen-bond acceptors (Lipinski definition) is 2. The summed E-state index contributed by atoms with van der Waals surface area (Å²) < 4.78 is 13.4. The van der Waals surface area contributed by atoms with Crippen LogP contribution in [0.5, 0.6) is 0 Å². The lowest BCUT2D eigenvalue weighted by Gasteiger charge is -2.34. The van der Waals surface area contributed by atoms with Crippen LogP contribution in [-0.2, 0) is 8.85 Å². The van der Waals surface area contributed by atoms with Gasteiger partial charge in [-0.15, -0.1) is 0 Å². The summed E-state index contributed by atoms with van der Waals surface area (Å²) in [5.41, 5.74) is 1.29. The fourth-order valence-electron chi connectivity index (χ4n) is 3.29. The lowest BCUT2D eigenvalue weighted by atomic mass is 10.3. The maximum Gasteiger partial charge on any atom is 0.250 e. The Morgan fingerprint density at radius 2 is 1.18 bits per heavy atom. The third-order valence-electron chi connectivity index (χ3n) is 5.73. The van der Waals surface area contributed by atoms with Gasteiger partial charge in [-0.1, -0.05) is 47.6 Å². The summed E-state index contributed by atoms with van der Waals surface area (Å²) in [6, 6.07) is 7.11. The molecular weight excluding hydrogens is 304 g/mol. The quantitative estimate of drug-likeness (QED) is 0.417. The molecule has 0 aromatic carbocycles. The van der Waals surface area contributed by atoms with Crippen molar-refractivity contribution in [1.82, 2.24) is 0 Å². The molecule has 0 unspecified atom stereocenters. The molecule has 0 aromatic heterocycles. The van der Waals surface area contributed by atoms with Crippen molar-refractivity contribution in [2.24, 2.45) is 0 Å². The van der Waals surface area contributed by atoms with Crippen molar-refractivity contribution in [1.29, 1.82) is 0 Å². The van der Waals surface area contributed by atoms with Gasteiger partial charge < -0.3 is 8.85 Å². The molecule has 0 heterocycles. The summed E-state index contributed by atoms with van der Waals surface area (Å²) in [6.07, 6.45) is 3.21. The highest BCUT2D eigenvalue weighted by Crippen LogP contribution is 2.37. The molecule has 0 aromatic rings. The van der Waals surface area contributed by atoms with Gasteiger partial charge in [0.15, 0.2) is 0 Å². The van der Waals surface area contributed by atoms with E-state index in [0.29, 0.717) is 0 Å². The van der Waals surface area contributed by atoms with Gasteiger partial charge in [-0.25, -0.2) is 0 Å². The van der Waals surface area contributed by atoms with Crippen molar-refractivity contribution < 1.29 is 8.85 Å². The normalized spacial score (nSPS) is 16.0. The molecule has 0 amide bonds. The van der Waals surface area contributed by atoms with E-state index in [1.807, 2.05) is 0 Å². The first-order valence-corrected chi connectivity index (χ1v) is 14.3. The Morgan fingerprint density at radius 1 is 0.773 bits per heavy atom. The summed E-state index contributed by atoms with van der Waals surface area (Å²) in [4.78, 5) is 0. The largest absolute Gasteiger partial charge is 0.544 e. The van der Waals surface area contributed by atoms with Crippen LogP contribution in [0.1, 0.15) is 54.9 Å². The molecule has 4 heteroatoms. The predicted molar refractivity (Wildman–Crippen MR) is 102 cm³/mol. The highest BCUT2D eigenvalue weighted by Gasteiger charge is 2.37. The second-order valence-electron chi connectivity index (χ2n) is 6.54. The minimum absolute atomic E-state index is 0.928. The standard InChI is InChI=1S/C18H36O2Si2/c1-8-21(9-2,10-3)19-17-15-14-16(7)18(17)20-22(11-4,12-5)13-6/h14H,8-13,15H2,1-7H3. The summed E-state index contributed by atoms with van der Waals surface area (Å²) in [6.45, 7) is 15.9. The van der Waals surface area contributed by atoms with Crippen LogP contribution >= 0.6 is 0 Å². The first-order valence-electron chi connectivity index (χ1n) is 9.23. The molecule has 0 fully saturated rings. The molecule has 0 atom stereocenters. The van der Waals surface area contributed by atoms with E-state index in [-0.39, 0.29) is 0 Å². The van der Waals surface area contributed by atoms with E-state index in [0.717, 1.165) is 17.9 Å². The average Bonchev–Trinajstić information content (AvgIpc) is 2.90. The minimum atomic E-state index is -1.64. The second kappa shape index (κ2) is 8.39. The van der Waals surface area contributed by atoms with Gasteiger partial charge in [0.1, 0.15) is 11.5 Å². The van der Waals surface area contributed by atoms with Crippen LogP contribution in [0.15, 0.2) is 23.2 Å². The van der Waals surface area contributed by atoms with Crippen LogP contribution in [0.4, 0.5) is 0 Å². The first-order chi connectivity index (χ1) is 10.4. The number of allylic oxidation sites excluding steroid dienone is 2. The van der Waals surface area contributed by atoms with E-state index in [1.165, 1.54) is 41.8 Å². The van der Waals surface area contributed by atoms with Gasteiger partial charge in [-0.05, 0) is 48.8 Å². The van der Waals surface area contributed by atoms with E-state index in [2.05, 4.69) is 54.5 Å². The van der Waals surface area contributed by atoms with Crippen LogP contribution in [-0.4, -0.2) is 16.6 Å². The smallest absolute Gasteiger partial charge is 0.250 e. The summed E-state index contributed by atoms with van der Waals surface area (Å²) in [5, 5.41) is 0. The van der Waals surface area contributed by atoms with Crippen molar-refractivity contribution in [3.63, 3.8) is 0 Å². The third kappa shape index (κ3) is 4.07. The number of hydrogen-bond donors (Lipinski definition) is 0. The van der Waals surface area contributed by atoms with Gasteiger partial charge in [-0.3, -0.25) is 0 Å². The van der Waals surface area contributed by atoms with E-state index in [9.17, 15) is 0 Å². The van der Waals surface area contributed by atoms with E-state index in [4.69, 9.17) is 8.85 Å². The Bertz CT molecular complexity index is 402. The zero-order valence-electron chi connectivity index (χ0n) is 15.8. The monoisotopic (exact) mass is 340 g/mol. The van der Waals surface area contributed by atoms with Gasteiger partial charge >= 0.3 is 0 Å². The van der Waals surface area contributed by atoms with Gasteiger partial charge in [0.25, 0.3) is 8.32 Å². The molecule has 128 valence electrons. The highest BCUT2D eigenvalue weighted by atomic mass is 28.4. The topological polar surface area (TPSA) is 18.5 Å². The zero-order valence-corrected chi connectivity index (χ0v) is 17.8. The molecule has 0 aliphatic heterocycles. The Kier molecular flexibility index (Phi) is 7.46. The van der Waals surface area contributed by atoms with Crippen molar-refractivity contribution in [3.05, 3.63) is 23.2 Å². The maximum atomic E-state index is 6.70. The lowest BCUT2D eigenvalue weighted by molar-refractivity contribution is 0.336. The van der Waals surface area contributed by atoms with Crippen molar-refractivity contribution in [2.45, 2.75) is 91.2 Å².